The molecule has 25 heavy (non-hydrogen) atoms. The predicted molar refractivity (Wildman–Crippen MR) is 91.6 cm³/mol. The van der Waals surface area contributed by atoms with Gasteiger partial charge in [0.25, 0.3) is 0 Å². The number of piperidine rings is 1. The minimum Gasteiger partial charge on any atom is -0.504 e. The number of nitrogens with zero attached hydrogens (tertiary/aromatic N) is 1. The van der Waals surface area contributed by atoms with Gasteiger partial charge < -0.3 is 19.4 Å². The van der Waals surface area contributed by atoms with Crippen molar-refractivity contribution >= 4 is 5.78 Å². The average Bonchev–Trinajstić information content (AvgIpc) is 2.93. The van der Waals surface area contributed by atoms with E-state index in [9.17, 15) is 15.0 Å². The second kappa shape index (κ2) is 4.46. The first-order valence-electron chi connectivity index (χ1n) is 9.09. The van der Waals surface area contributed by atoms with Gasteiger partial charge in [-0.2, -0.15) is 0 Å². The molecule has 2 aliphatic carbocycles. The molecule has 2 fully saturated rings. The van der Waals surface area contributed by atoms with Crippen LogP contribution in [0.2, 0.25) is 0 Å². The number of hydrogen-bond donors (Lipinski definition) is 2. The molecule has 5 rings (SSSR count). The number of quaternary nitrogens is 1. The number of aromatic hydroxyl groups is 1. The van der Waals surface area contributed by atoms with Gasteiger partial charge in [-0.05, 0) is 24.1 Å². The highest BCUT2D eigenvalue weighted by Gasteiger charge is 2.76. The zero-order chi connectivity index (χ0) is 17.6. The SMILES string of the molecule is C=CC[N+]1(C)CC[C@]23c4c5ccc(O)c4O[C@H]2C(=O)CC[C@@]3(O)C1C5. The molecular formula is C20H24NO4+. The molecule has 0 aromatic heterocycles. The van der Waals surface area contributed by atoms with Crippen molar-refractivity contribution in [2.75, 3.05) is 20.1 Å². The van der Waals surface area contributed by atoms with Crippen LogP contribution in [0, 0.1) is 0 Å². The van der Waals surface area contributed by atoms with Gasteiger partial charge in [0, 0.05) is 24.8 Å². The van der Waals surface area contributed by atoms with E-state index in [1.54, 1.807) is 6.07 Å². The van der Waals surface area contributed by atoms with E-state index < -0.39 is 17.1 Å². The molecule has 5 heteroatoms. The van der Waals surface area contributed by atoms with E-state index in [0.717, 1.165) is 35.1 Å². The van der Waals surface area contributed by atoms with Crippen LogP contribution < -0.4 is 4.74 Å². The number of carbonyl (C=O) groups excluding carboxylic acids is 1. The summed E-state index contributed by atoms with van der Waals surface area (Å²) in [7, 11) is 2.19. The third-order valence-electron chi connectivity index (χ3n) is 7.45. The van der Waals surface area contributed by atoms with Gasteiger partial charge >= 0.3 is 0 Å². The fourth-order valence-corrected chi connectivity index (χ4v) is 6.34. The van der Waals surface area contributed by atoms with Crippen molar-refractivity contribution in [3.8, 4) is 11.5 Å². The Balaban J connectivity index is 1.82. The van der Waals surface area contributed by atoms with Gasteiger partial charge in [0.2, 0.25) is 0 Å². The maximum atomic E-state index is 12.7. The number of rotatable bonds is 2. The van der Waals surface area contributed by atoms with Crippen molar-refractivity contribution < 1.29 is 24.2 Å². The number of likely N-dealkylation sites (tertiary alicyclic amines) is 1. The molecule has 132 valence electrons. The van der Waals surface area contributed by atoms with Crippen LogP contribution in [0.25, 0.3) is 0 Å². The van der Waals surface area contributed by atoms with Gasteiger partial charge in [0.1, 0.15) is 11.6 Å². The lowest BCUT2D eigenvalue weighted by Crippen LogP contribution is -2.80. The zero-order valence-corrected chi connectivity index (χ0v) is 14.5. The molecular weight excluding hydrogens is 318 g/mol. The Kier molecular flexibility index (Phi) is 2.75. The minimum atomic E-state index is -0.992. The Morgan fingerprint density at radius 1 is 1.44 bits per heavy atom. The van der Waals surface area contributed by atoms with E-state index >= 15 is 0 Å². The number of phenolic OH excluding ortho intramolecular Hbond substituents is 1. The number of phenols is 1. The van der Waals surface area contributed by atoms with E-state index in [1.807, 2.05) is 12.1 Å². The Morgan fingerprint density at radius 3 is 3.00 bits per heavy atom. The molecule has 2 aliphatic heterocycles. The topological polar surface area (TPSA) is 66.8 Å². The third kappa shape index (κ3) is 1.51. The minimum absolute atomic E-state index is 0.00134. The van der Waals surface area contributed by atoms with Crippen molar-refractivity contribution in [2.24, 2.45) is 0 Å². The summed E-state index contributed by atoms with van der Waals surface area (Å²) < 4.78 is 6.76. The lowest BCUT2D eigenvalue weighted by atomic mass is 9.48. The molecule has 1 aromatic carbocycles. The summed E-state index contributed by atoms with van der Waals surface area (Å²) in [5.74, 6) is 0.547. The molecule has 1 saturated heterocycles. The maximum Gasteiger partial charge on any atom is 0.174 e. The number of carbonyl (C=O) groups is 1. The number of hydrogen-bond acceptors (Lipinski definition) is 4. The van der Waals surface area contributed by atoms with Crippen molar-refractivity contribution in [2.45, 2.75) is 48.8 Å². The Bertz CT molecular complexity index is 820. The van der Waals surface area contributed by atoms with Crippen LogP contribution in [0.1, 0.15) is 30.4 Å². The average molecular weight is 342 g/mol. The number of Topliss-reactive ketones (excluding diaryl/α,β-unsaturated/α-hetero) is 1. The van der Waals surface area contributed by atoms with Crippen molar-refractivity contribution in [1.82, 2.24) is 0 Å². The smallest absolute Gasteiger partial charge is 0.174 e. The molecule has 4 aliphatic rings. The number of aliphatic hydroxyl groups is 1. The molecule has 0 radical (unpaired) electrons. The zero-order valence-electron chi connectivity index (χ0n) is 14.5. The van der Waals surface area contributed by atoms with Gasteiger partial charge in [0.05, 0.1) is 25.6 Å². The molecule has 2 unspecified atom stereocenters. The quantitative estimate of drug-likeness (QED) is 0.631. The fraction of sp³-hybridized carbons (Fsp3) is 0.550. The number of likely N-dealkylation sites (N-methyl/N-ethyl adjacent to an activating group) is 1. The van der Waals surface area contributed by atoms with E-state index in [-0.39, 0.29) is 17.6 Å². The van der Waals surface area contributed by atoms with E-state index in [2.05, 4.69) is 13.6 Å². The molecule has 1 spiro atoms. The first-order chi connectivity index (χ1) is 11.9. The summed E-state index contributed by atoms with van der Waals surface area (Å²) in [6, 6.07) is 3.60. The van der Waals surface area contributed by atoms with E-state index in [4.69, 9.17) is 4.74 Å². The molecule has 2 N–H and O–H groups in total. The van der Waals surface area contributed by atoms with Crippen molar-refractivity contribution in [1.29, 1.82) is 0 Å². The first kappa shape index (κ1) is 15.4. The monoisotopic (exact) mass is 342 g/mol. The Morgan fingerprint density at radius 2 is 2.24 bits per heavy atom. The summed E-state index contributed by atoms with van der Waals surface area (Å²) in [5, 5.41) is 22.3. The molecule has 5 atom stereocenters. The molecule has 2 bridgehead atoms. The third-order valence-corrected chi connectivity index (χ3v) is 7.45. The first-order valence-corrected chi connectivity index (χ1v) is 9.09. The van der Waals surface area contributed by atoms with Crippen LogP contribution in [-0.2, 0) is 16.6 Å². The number of benzene rings is 1. The molecule has 2 heterocycles. The predicted octanol–water partition coefficient (Wildman–Crippen LogP) is 1.45. The second-order valence-electron chi connectivity index (χ2n) is 8.45. The standard InChI is InChI=1S/C20H23NO4/c1-3-9-21(2)10-8-19-16-12-4-5-13(22)17(16)25-18(19)14(23)6-7-20(19,24)15(21)11-12/h3-5,15,18,24H,1,6-11H2,2H3/p+1/t15?,18-,19-,20+,21?/m0/s1. The molecule has 0 amide bonds. The van der Waals surface area contributed by atoms with Gasteiger partial charge in [-0.3, -0.25) is 4.79 Å². The highest BCUT2D eigenvalue weighted by atomic mass is 16.5. The van der Waals surface area contributed by atoms with E-state index in [1.165, 1.54) is 0 Å². The van der Waals surface area contributed by atoms with Crippen LogP contribution in [0.15, 0.2) is 24.8 Å². The van der Waals surface area contributed by atoms with Crippen molar-refractivity contribution in [3.63, 3.8) is 0 Å². The fourth-order valence-electron chi connectivity index (χ4n) is 6.34. The van der Waals surface area contributed by atoms with Gasteiger partial charge in [0.15, 0.2) is 23.4 Å². The highest BCUT2D eigenvalue weighted by molar-refractivity contribution is 5.90. The van der Waals surface area contributed by atoms with Gasteiger partial charge in [-0.1, -0.05) is 12.6 Å². The van der Waals surface area contributed by atoms with Gasteiger partial charge in [-0.25, -0.2) is 0 Å². The maximum absolute atomic E-state index is 12.7. The van der Waals surface area contributed by atoms with Crippen LogP contribution in [-0.4, -0.2) is 58.4 Å². The normalized spacial score (nSPS) is 43.4. The summed E-state index contributed by atoms with van der Waals surface area (Å²) in [6.45, 7) is 5.57. The van der Waals surface area contributed by atoms with Crippen molar-refractivity contribution in [3.05, 3.63) is 35.9 Å². The highest BCUT2D eigenvalue weighted by Crippen LogP contribution is 2.65. The van der Waals surface area contributed by atoms with Crippen LogP contribution in [0.4, 0.5) is 0 Å². The summed E-state index contributed by atoms with van der Waals surface area (Å²) in [6.07, 6.45) is 3.47. The van der Waals surface area contributed by atoms with Gasteiger partial charge in [-0.15, -0.1) is 0 Å². The second-order valence-corrected chi connectivity index (χ2v) is 8.45. The Hall–Kier alpha value is -1.85. The largest absolute Gasteiger partial charge is 0.504 e. The lowest BCUT2D eigenvalue weighted by Gasteiger charge is -2.64. The van der Waals surface area contributed by atoms with Crippen LogP contribution in [0.3, 0.4) is 0 Å². The Labute approximate surface area is 147 Å². The number of ether oxygens (including phenoxy) is 1. The number of ketones is 1. The van der Waals surface area contributed by atoms with Crippen LogP contribution >= 0.6 is 0 Å². The summed E-state index contributed by atoms with van der Waals surface area (Å²) in [4.78, 5) is 12.7. The summed E-state index contributed by atoms with van der Waals surface area (Å²) in [5.41, 5.74) is 0.295. The van der Waals surface area contributed by atoms with E-state index in [0.29, 0.717) is 25.0 Å². The summed E-state index contributed by atoms with van der Waals surface area (Å²) >= 11 is 0. The van der Waals surface area contributed by atoms with Crippen LogP contribution in [0.5, 0.6) is 11.5 Å². The molecule has 5 nitrogen and oxygen atoms in total. The molecule has 1 aromatic rings. The lowest BCUT2D eigenvalue weighted by molar-refractivity contribution is -0.944. The molecule has 1 saturated carbocycles.